The van der Waals surface area contributed by atoms with Gasteiger partial charge in [0, 0.05) is 12.6 Å². The van der Waals surface area contributed by atoms with E-state index in [-0.39, 0.29) is 5.91 Å². The number of carbonyl (C=O) groups is 1. The summed E-state index contributed by atoms with van der Waals surface area (Å²) in [6.07, 6.45) is 5.23. The van der Waals surface area contributed by atoms with Crippen molar-refractivity contribution in [2.75, 3.05) is 38.3 Å². The zero-order chi connectivity index (χ0) is 15.2. The summed E-state index contributed by atoms with van der Waals surface area (Å²) in [5.41, 5.74) is 7.05. The van der Waals surface area contributed by atoms with Crippen LogP contribution in [-0.2, 0) is 4.79 Å². The molecule has 0 aromatic heterocycles. The lowest BCUT2D eigenvalue weighted by atomic mass is 10.1. The summed E-state index contributed by atoms with van der Waals surface area (Å²) in [5, 5.41) is 2.86. The molecule has 0 saturated heterocycles. The molecule has 0 aliphatic heterocycles. The number of benzene rings is 1. The van der Waals surface area contributed by atoms with Crippen molar-refractivity contribution < 1.29 is 9.53 Å². The standard InChI is InChI=1S/C16H25N3O2/c1-19(10-12-5-3-4-6-12)11-16(20)18-15-8-7-13(21-2)9-14(15)17/h7-9,12H,3-6,10-11,17H2,1-2H3,(H,18,20). The van der Waals surface area contributed by atoms with Crippen molar-refractivity contribution in [3.05, 3.63) is 18.2 Å². The van der Waals surface area contributed by atoms with Crippen molar-refractivity contribution in [3.8, 4) is 5.75 Å². The van der Waals surface area contributed by atoms with Gasteiger partial charge in [-0.3, -0.25) is 9.69 Å². The van der Waals surface area contributed by atoms with Crippen LogP contribution in [0.3, 0.4) is 0 Å². The highest BCUT2D eigenvalue weighted by Crippen LogP contribution is 2.25. The smallest absolute Gasteiger partial charge is 0.238 e. The molecule has 1 aromatic rings. The molecule has 116 valence electrons. The van der Waals surface area contributed by atoms with E-state index < -0.39 is 0 Å². The number of carbonyl (C=O) groups excluding carboxylic acids is 1. The van der Waals surface area contributed by atoms with Gasteiger partial charge in [0.05, 0.1) is 25.0 Å². The Bertz CT molecular complexity index is 484. The largest absolute Gasteiger partial charge is 0.497 e. The van der Waals surface area contributed by atoms with Crippen LogP contribution in [0.5, 0.6) is 5.75 Å². The maximum absolute atomic E-state index is 12.1. The molecule has 0 spiro atoms. The molecule has 1 aromatic carbocycles. The van der Waals surface area contributed by atoms with Crippen LogP contribution >= 0.6 is 0 Å². The number of hydrogen-bond acceptors (Lipinski definition) is 4. The Hall–Kier alpha value is -1.75. The van der Waals surface area contributed by atoms with Gasteiger partial charge in [-0.15, -0.1) is 0 Å². The summed E-state index contributed by atoms with van der Waals surface area (Å²) in [4.78, 5) is 14.2. The van der Waals surface area contributed by atoms with Crippen LogP contribution in [0.15, 0.2) is 18.2 Å². The third-order valence-corrected chi connectivity index (χ3v) is 3.99. The summed E-state index contributed by atoms with van der Waals surface area (Å²) in [7, 11) is 3.58. The minimum atomic E-state index is -0.0348. The lowest BCUT2D eigenvalue weighted by Crippen LogP contribution is -2.33. The second-order valence-corrected chi connectivity index (χ2v) is 5.85. The van der Waals surface area contributed by atoms with E-state index >= 15 is 0 Å². The Kier molecular flexibility index (Phi) is 5.44. The highest BCUT2D eigenvalue weighted by atomic mass is 16.5. The number of nitrogens with two attached hydrogens (primary N) is 1. The fraction of sp³-hybridized carbons (Fsp3) is 0.562. The van der Waals surface area contributed by atoms with Crippen LogP contribution < -0.4 is 15.8 Å². The van der Waals surface area contributed by atoms with E-state index in [1.807, 2.05) is 7.05 Å². The van der Waals surface area contributed by atoms with Crippen molar-refractivity contribution in [2.24, 2.45) is 5.92 Å². The van der Waals surface area contributed by atoms with Gasteiger partial charge in [-0.2, -0.15) is 0 Å². The molecule has 1 fully saturated rings. The van der Waals surface area contributed by atoms with Gasteiger partial charge < -0.3 is 15.8 Å². The van der Waals surface area contributed by atoms with Crippen LogP contribution in [0, 0.1) is 5.92 Å². The Morgan fingerprint density at radius 2 is 2.14 bits per heavy atom. The maximum Gasteiger partial charge on any atom is 0.238 e. The molecule has 0 bridgehead atoms. The molecule has 21 heavy (non-hydrogen) atoms. The molecule has 3 N–H and O–H groups in total. The number of nitrogens with zero attached hydrogens (tertiary/aromatic N) is 1. The van der Waals surface area contributed by atoms with E-state index in [4.69, 9.17) is 10.5 Å². The molecule has 0 heterocycles. The predicted molar refractivity (Wildman–Crippen MR) is 85.5 cm³/mol. The van der Waals surface area contributed by atoms with Crippen molar-refractivity contribution in [2.45, 2.75) is 25.7 Å². The number of likely N-dealkylation sites (N-methyl/N-ethyl adjacent to an activating group) is 1. The first-order valence-corrected chi connectivity index (χ1v) is 7.50. The van der Waals surface area contributed by atoms with E-state index in [2.05, 4.69) is 10.2 Å². The zero-order valence-corrected chi connectivity index (χ0v) is 12.9. The van der Waals surface area contributed by atoms with Gasteiger partial charge in [-0.25, -0.2) is 0 Å². The number of nitrogens with one attached hydrogen (secondary N) is 1. The minimum absolute atomic E-state index is 0.0348. The van der Waals surface area contributed by atoms with Crippen molar-refractivity contribution in [3.63, 3.8) is 0 Å². The van der Waals surface area contributed by atoms with Crippen LogP contribution in [0.2, 0.25) is 0 Å². The molecule has 1 saturated carbocycles. The maximum atomic E-state index is 12.1. The molecule has 0 atom stereocenters. The van der Waals surface area contributed by atoms with E-state index in [0.29, 0.717) is 23.7 Å². The molecule has 0 radical (unpaired) electrons. The van der Waals surface area contributed by atoms with Gasteiger partial charge in [-0.05, 0) is 37.9 Å². The summed E-state index contributed by atoms with van der Waals surface area (Å²) < 4.78 is 5.09. The van der Waals surface area contributed by atoms with Crippen molar-refractivity contribution in [1.29, 1.82) is 0 Å². The van der Waals surface area contributed by atoms with E-state index in [1.165, 1.54) is 25.7 Å². The molecule has 1 aliphatic carbocycles. The number of hydrogen-bond donors (Lipinski definition) is 2. The number of amides is 1. The number of anilines is 2. The second kappa shape index (κ2) is 7.31. The third kappa shape index (κ3) is 4.63. The topological polar surface area (TPSA) is 67.6 Å². The average molecular weight is 291 g/mol. The van der Waals surface area contributed by atoms with Gasteiger partial charge in [0.2, 0.25) is 5.91 Å². The van der Waals surface area contributed by atoms with Gasteiger partial charge >= 0.3 is 0 Å². The first-order chi connectivity index (χ1) is 10.1. The monoisotopic (exact) mass is 291 g/mol. The molecule has 0 unspecified atom stereocenters. The van der Waals surface area contributed by atoms with E-state index in [0.717, 1.165) is 12.5 Å². The number of methoxy groups -OCH3 is 1. The van der Waals surface area contributed by atoms with Crippen molar-refractivity contribution in [1.82, 2.24) is 4.90 Å². The van der Waals surface area contributed by atoms with Crippen LogP contribution in [0.1, 0.15) is 25.7 Å². The summed E-state index contributed by atoms with van der Waals surface area (Å²) in [6.45, 7) is 1.38. The molecule has 5 heteroatoms. The number of ether oxygens (including phenoxy) is 1. The Labute approximate surface area is 126 Å². The average Bonchev–Trinajstić information content (AvgIpc) is 2.93. The molecule has 1 amide bonds. The van der Waals surface area contributed by atoms with Gasteiger partial charge in [0.1, 0.15) is 5.75 Å². The number of rotatable bonds is 6. The lowest BCUT2D eigenvalue weighted by Gasteiger charge is -2.20. The SMILES string of the molecule is COc1ccc(NC(=O)CN(C)CC2CCCC2)c(N)c1. The first kappa shape index (κ1) is 15.6. The van der Waals surface area contributed by atoms with Gasteiger partial charge in [0.15, 0.2) is 0 Å². The van der Waals surface area contributed by atoms with Crippen LogP contribution in [-0.4, -0.2) is 38.1 Å². The fourth-order valence-corrected chi connectivity index (χ4v) is 2.91. The summed E-state index contributed by atoms with van der Waals surface area (Å²) >= 11 is 0. The molecule has 5 nitrogen and oxygen atoms in total. The highest BCUT2D eigenvalue weighted by Gasteiger charge is 2.18. The first-order valence-electron chi connectivity index (χ1n) is 7.50. The lowest BCUT2D eigenvalue weighted by molar-refractivity contribution is -0.117. The summed E-state index contributed by atoms with van der Waals surface area (Å²) in [6, 6.07) is 5.26. The van der Waals surface area contributed by atoms with Crippen LogP contribution in [0.4, 0.5) is 11.4 Å². The molecular weight excluding hydrogens is 266 g/mol. The zero-order valence-electron chi connectivity index (χ0n) is 12.9. The molecule has 1 aliphatic rings. The highest BCUT2D eigenvalue weighted by molar-refractivity contribution is 5.95. The number of nitrogen functional groups attached to an aromatic ring is 1. The van der Waals surface area contributed by atoms with Gasteiger partial charge in [-0.1, -0.05) is 12.8 Å². The molecular formula is C16H25N3O2. The Morgan fingerprint density at radius 1 is 1.43 bits per heavy atom. The minimum Gasteiger partial charge on any atom is -0.497 e. The Morgan fingerprint density at radius 3 is 2.76 bits per heavy atom. The fourth-order valence-electron chi connectivity index (χ4n) is 2.91. The second-order valence-electron chi connectivity index (χ2n) is 5.85. The summed E-state index contributed by atoms with van der Waals surface area (Å²) in [5.74, 6) is 1.39. The van der Waals surface area contributed by atoms with Gasteiger partial charge in [0.25, 0.3) is 0 Å². The van der Waals surface area contributed by atoms with E-state index in [1.54, 1.807) is 25.3 Å². The van der Waals surface area contributed by atoms with Crippen molar-refractivity contribution >= 4 is 17.3 Å². The Balaban J connectivity index is 1.83. The molecule has 2 rings (SSSR count). The van der Waals surface area contributed by atoms with Crippen LogP contribution in [0.25, 0.3) is 0 Å². The quantitative estimate of drug-likeness (QED) is 0.789. The van der Waals surface area contributed by atoms with E-state index in [9.17, 15) is 4.79 Å². The third-order valence-electron chi connectivity index (χ3n) is 3.99. The predicted octanol–water partition coefficient (Wildman–Crippen LogP) is 2.34. The normalized spacial score (nSPS) is 15.4.